The van der Waals surface area contributed by atoms with Crippen LogP contribution >= 0.6 is 11.6 Å². The van der Waals surface area contributed by atoms with Crippen LogP contribution in [-0.2, 0) is 9.53 Å². The number of hydrogen-bond donors (Lipinski definition) is 1. The lowest BCUT2D eigenvalue weighted by Gasteiger charge is -2.18. The summed E-state index contributed by atoms with van der Waals surface area (Å²) in [6.07, 6.45) is 0. The van der Waals surface area contributed by atoms with E-state index in [2.05, 4.69) is 5.32 Å². The van der Waals surface area contributed by atoms with Crippen LogP contribution in [0.3, 0.4) is 0 Å². The Labute approximate surface area is 115 Å². The molecule has 104 valence electrons. The monoisotopic (exact) mass is 286 g/mol. The first-order chi connectivity index (χ1) is 8.69. The van der Waals surface area contributed by atoms with Crippen LogP contribution in [0.4, 0.5) is 11.4 Å². The quantitative estimate of drug-likeness (QED) is 0.681. The van der Waals surface area contributed by atoms with E-state index in [0.717, 1.165) is 0 Å². The summed E-state index contributed by atoms with van der Waals surface area (Å²) < 4.78 is 5.28. The molecule has 0 bridgehead atoms. The molecule has 7 heteroatoms. The second-order valence-electron chi connectivity index (χ2n) is 4.87. The number of nitrogens with zero attached hydrogens (tertiary/aromatic N) is 1. The van der Waals surface area contributed by atoms with E-state index in [1.807, 2.05) is 20.8 Å². The summed E-state index contributed by atoms with van der Waals surface area (Å²) in [6.45, 7) is 5.24. The molecule has 19 heavy (non-hydrogen) atoms. The van der Waals surface area contributed by atoms with E-state index in [1.165, 1.54) is 18.2 Å². The molecule has 6 nitrogen and oxygen atoms in total. The number of benzene rings is 1. The number of nitro groups is 1. The molecular formula is C12H15ClN2O4. The van der Waals surface area contributed by atoms with Gasteiger partial charge in [0, 0.05) is 11.1 Å². The first-order valence-corrected chi connectivity index (χ1v) is 5.94. The van der Waals surface area contributed by atoms with Gasteiger partial charge in [-0.15, -0.1) is 0 Å². The number of rotatable bonds is 4. The van der Waals surface area contributed by atoms with Crippen molar-refractivity contribution in [3.63, 3.8) is 0 Å². The Balaban J connectivity index is 2.78. The van der Waals surface area contributed by atoms with Gasteiger partial charge >= 0.3 is 0 Å². The Morgan fingerprint density at radius 3 is 2.63 bits per heavy atom. The molecule has 0 heterocycles. The van der Waals surface area contributed by atoms with Crippen molar-refractivity contribution < 1.29 is 14.5 Å². The topological polar surface area (TPSA) is 81.5 Å². The number of hydrogen-bond acceptors (Lipinski definition) is 4. The van der Waals surface area contributed by atoms with Crippen LogP contribution in [0.5, 0.6) is 0 Å². The standard InChI is InChI=1S/C12H15ClN2O4/c1-12(2,3)19-7-11(16)14-9-6-8(13)4-5-10(9)15(17)18/h4-6H,7H2,1-3H3,(H,14,16). The summed E-state index contributed by atoms with van der Waals surface area (Å²) in [6, 6.07) is 3.96. The second kappa shape index (κ2) is 5.99. The van der Waals surface area contributed by atoms with Gasteiger partial charge < -0.3 is 10.1 Å². The molecule has 0 aromatic heterocycles. The minimum Gasteiger partial charge on any atom is -0.366 e. The Morgan fingerprint density at radius 1 is 1.47 bits per heavy atom. The molecule has 0 saturated heterocycles. The Kier molecular flexibility index (Phi) is 4.85. The summed E-state index contributed by atoms with van der Waals surface area (Å²) in [5.74, 6) is -0.472. The number of amides is 1. The fraction of sp³-hybridized carbons (Fsp3) is 0.417. The molecule has 0 aliphatic rings. The molecule has 0 saturated carbocycles. The number of carbonyl (C=O) groups excluding carboxylic acids is 1. The lowest BCUT2D eigenvalue weighted by atomic mass is 10.2. The van der Waals surface area contributed by atoms with Crippen molar-refractivity contribution in [1.82, 2.24) is 0 Å². The van der Waals surface area contributed by atoms with E-state index >= 15 is 0 Å². The summed E-state index contributed by atoms with van der Waals surface area (Å²) in [5, 5.41) is 13.5. The van der Waals surface area contributed by atoms with E-state index in [0.29, 0.717) is 5.02 Å². The summed E-state index contributed by atoms with van der Waals surface area (Å²) >= 11 is 5.75. The van der Waals surface area contributed by atoms with Gasteiger partial charge in [0.1, 0.15) is 12.3 Å². The van der Waals surface area contributed by atoms with Crippen LogP contribution in [0, 0.1) is 10.1 Å². The average molecular weight is 287 g/mol. The van der Waals surface area contributed by atoms with Gasteiger partial charge in [-0.05, 0) is 32.9 Å². The number of nitro benzene ring substituents is 1. The van der Waals surface area contributed by atoms with Gasteiger partial charge in [-0.2, -0.15) is 0 Å². The molecule has 0 aliphatic heterocycles. The zero-order valence-electron chi connectivity index (χ0n) is 10.9. The third kappa shape index (κ3) is 5.23. The van der Waals surface area contributed by atoms with E-state index in [9.17, 15) is 14.9 Å². The normalized spacial score (nSPS) is 11.2. The first kappa shape index (κ1) is 15.4. The van der Waals surface area contributed by atoms with Crippen LogP contribution < -0.4 is 5.32 Å². The second-order valence-corrected chi connectivity index (χ2v) is 5.30. The summed E-state index contributed by atoms with van der Waals surface area (Å²) in [5.41, 5.74) is -0.619. The maximum Gasteiger partial charge on any atom is 0.292 e. The third-order valence-electron chi connectivity index (χ3n) is 2.07. The molecule has 1 N–H and O–H groups in total. The SMILES string of the molecule is CC(C)(C)OCC(=O)Nc1cc(Cl)ccc1[N+](=O)[O-]. The highest BCUT2D eigenvalue weighted by molar-refractivity contribution is 6.31. The molecule has 0 aliphatic carbocycles. The van der Waals surface area contributed by atoms with Crippen molar-refractivity contribution in [2.75, 3.05) is 11.9 Å². The molecule has 1 amide bonds. The fourth-order valence-corrected chi connectivity index (χ4v) is 1.41. The molecule has 1 aromatic carbocycles. The van der Waals surface area contributed by atoms with Crippen molar-refractivity contribution in [2.24, 2.45) is 0 Å². The summed E-state index contributed by atoms with van der Waals surface area (Å²) in [7, 11) is 0. The highest BCUT2D eigenvalue weighted by Crippen LogP contribution is 2.27. The van der Waals surface area contributed by atoms with Crippen LogP contribution in [0.2, 0.25) is 5.02 Å². The smallest absolute Gasteiger partial charge is 0.292 e. The summed E-state index contributed by atoms with van der Waals surface area (Å²) in [4.78, 5) is 21.9. The molecule has 0 spiro atoms. The van der Waals surface area contributed by atoms with Gasteiger partial charge in [0.2, 0.25) is 0 Å². The zero-order valence-corrected chi connectivity index (χ0v) is 11.7. The zero-order chi connectivity index (χ0) is 14.6. The van der Waals surface area contributed by atoms with E-state index in [-0.39, 0.29) is 18.0 Å². The van der Waals surface area contributed by atoms with Crippen LogP contribution in [-0.4, -0.2) is 23.0 Å². The van der Waals surface area contributed by atoms with Crippen LogP contribution in [0.1, 0.15) is 20.8 Å². The van der Waals surface area contributed by atoms with E-state index in [4.69, 9.17) is 16.3 Å². The van der Waals surface area contributed by atoms with Crippen LogP contribution in [0.25, 0.3) is 0 Å². The number of ether oxygens (including phenoxy) is 1. The van der Waals surface area contributed by atoms with Gasteiger partial charge in [-0.25, -0.2) is 0 Å². The predicted octanol–water partition coefficient (Wildman–Crippen LogP) is 3.00. The van der Waals surface area contributed by atoms with Gasteiger partial charge in [0.25, 0.3) is 11.6 Å². The molecule has 1 aromatic rings. The maximum atomic E-state index is 11.6. The predicted molar refractivity (Wildman–Crippen MR) is 72.4 cm³/mol. The number of nitrogens with one attached hydrogen (secondary N) is 1. The average Bonchev–Trinajstić information content (AvgIpc) is 2.25. The lowest BCUT2D eigenvalue weighted by Crippen LogP contribution is -2.27. The maximum absolute atomic E-state index is 11.6. The minimum atomic E-state index is -0.587. The number of anilines is 1. The molecular weight excluding hydrogens is 272 g/mol. The fourth-order valence-electron chi connectivity index (χ4n) is 1.24. The minimum absolute atomic E-state index is 0.0556. The molecule has 0 fully saturated rings. The Hall–Kier alpha value is -1.66. The van der Waals surface area contributed by atoms with E-state index in [1.54, 1.807) is 0 Å². The molecule has 0 atom stereocenters. The molecule has 0 unspecified atom stereocenters. The van der Waals surface area contributed by atoms with Gasteiger partial charge in [0.05, 0.1) is 10.5 Å². The van der Waals surface area contributed by atoms with E-state index < -0.39 is 16.4 Å². The molecule has 0 radical (unpaired) electrons. The van der Waals surface area contributed by atoms with Crippen molar-refractivity contribution in [3.05, 3.63) is 33.3 Å². The van der Waals surface area contributed by atoms with Crippen molar-refractivity contribution >= 4 is 28.9 Å². The van der Waals surface area contributed by atoms with Crippen molar-refractivity contribution in [2.45, 2.75) is 26.4 Å². The third-order valence-corrected chi connectivity index (χ3v) is 2.30. The largest absolute Gasteiger partial charge is 0.366 e. The van der Waals surface area contributed by atoms with Crippen LogP contribution in [0.15, 0.2) is 18.2 Å². The van der Waals surface area contributed by atoms with Crippen molar-refractivity contribution in [1.29, 1.82) is 0 Å². The first-order valence-electron chi connectivity index (χ1n) is 5.57. The van der Waals surface area contributed by atoms with Gasteiger partial charge in [-0.1, -0.05) is 11.6 Å². The highest BCUT2D eigenvalue weighted by atomic mass is 35.5. The Bertz CT molecular complexity index is 497. The van der Waals surface area contributed by atoms with Gasteiger partial charge in [-0.3, -0.25) is 14.9 Å². The number of carbonyl (C=O) groups is 1. The van der Waals surface area contributed by atoms with Gasteiger partial charge in [0.15, 0.2) is 0 Å². The Morgan fingerprint density at radius 2 is 2.11 bits per heavy atom. The highest BCUT2D eigenvalue weighted by Gasteiger charge is 2.18. The van der Waals surface area contributed by atoms with Crippen molar-refractivity contribution in [3.8, 4) is 0 Å². The lowest BCUT2D eigenvalue weighted by molar-refractivity contribution is -0.383. The number of halogens is 1. The molecule has 1 rings (SSSR count).